The molecule has 0 atom stereocenters. The van der Waals surface area contributed by atoms with Crippen LogP contribution in [0.4, 0.5) is 11.4 Å². The number of hydrogen-bond acceptors (Lipinski definition) is 4. The van der Waals surface area contributed by atoms with Crippen LogP contribution in [0.15, 0.2) is 52.7 Å². The zero-order chi connectivity index (χ0) is 14.2. The molecule has 3 aromatic rings. The molecule has 0 spiro atoms. The smallest absolute Gasteiger partial charge is 0.231 e. The summed E-state index contributed by atoms with van der Waals surface area (Å²) < 4.78 is 10.6. The number of rotatable bonds is 2. The molecule has 1 aromatic heterocycles. The fourth-order valence-electron chi connectivity index (χ4n) is 2.45. The van der Waals surface area contributed by atoms with Crippen molar-refractivity contribution in [1.29, 1.82) is 0 Å². The van der Waals surface area contributed by atoms with E-state index in [0.717, 1.165) is 33.7 Å². The van der Waals surface area contributed by atoms with Crippen LogP contribution in [0.5, 0.6) is 11.5 Å². The number of H-pyrrole nitrogens is 1. The lowest BCUT2D eigenvalue weighted by Crippen LogP contribution is -1.92. The highest BCUT2D eigenvalue weighted by Gasteiger charge is 2.13. The van der Waals surface area contributed by atoms with Crippen LogP contribution in [-0.2, 0) is 0 Å². The Hall–Kier alpha value is -2.82. The second-order valence-electron chi connectivity index (χ2n) is 4.88. The Morgan fingerprint density at radius 2 is 1.86 bits per heavy atom. The van der Waals surface area contributed by atoms with Crippen LogP contribution in [0.25, 0.3) is 10.9 Å². The van der Waals surface area contributed by atoms with Crippen LogP contribution >= 0.6 is 0 Å². The van der Waals surface area contributed by atoms with Gasteiger partial charge in [0.2, 0.25) is 6.79 Å². The summed E-state index contributed by atoms with van der Waals surface area (Å²) in [4.78, 5) is 3.31. The van der Waals surface area contributed by atoms with Crippen LogP contribution in [0.2, 0.25) is 0 Å². The number of hydrogen-bond donors (Lipinski definition) is 1. The minimum Gasteiger partial charge on any atom is -0.454 e. The number of fused-ring (bicyclic) bond motifs is 2. The van der Waals surface area contributed by atoms with Gasteiger partial charge in [0, 0.05) is 22.7 Å². The Balaban J connectivity index is 1.72. The predicted molar refractivity (Wildman–Crippen MR) is 79.8 cm³/mol. The van der Waals surface area contributed by atoms with Crippen LogP contribution in [-0.4, -0.2) is 11.8 Å². The van der Waals surface area contributed by atoms with E-state index in [0.29, 0.717) is 5.75 Å². The van der Waals surface area contributed by atoms with E-state index in [1.165, 1.54) is 0 Å². The molecule has 1 aliphatic heterocycles. The number of aromatic nitrogens is 1. The topological polar surface area (TPSA) is 59.0 Å². The number of aromatic amines is 1. The molecule has 0 fully saturated rings. The third-order valence-corrected chi connectivity index (χ3v) is 3.48. The molecule has 2 heterocycles. The monoisotopic (exact) mass is 279 g/mol. The van der Waals surface area contributed by atoms with Gasteiger partial charge in [0.25, 0.3) is 0 Å². The summed E-state index contributed by atoms with van der Waals surface area (Å²) >= 11 is 0. The molecule has 0 saturated heterocycles. The fraction of sp³-hybridized carbons (Fsp3) is 0.125. The van der Waals surface area contributed by atoms with Gasteiger partial charge in [0.05, 0.1) is 5.69 Å². The summed E-state index contributed by atoms with van der Waals surface area (Å²) in [6.07, 6.45) is 0. The first-order chi connectivity index (χ1) is 10.3. The molecule has 21 heavy (non-hydrogen) atoms. The molecule has 1 aliphatic rings. The van der Waals surface area contributed by atoms with Crippen molar-refractivity contribution in [3.63, 3.8) is 0 Å². The molecular formula is C16H13N3O2. The van der Waals surface area contributed by atoms with E-state index in [9.17, 15) is 0 Å². The van der Waals surface area contributed by atoms with Gasteiger partial charge in [0.1, 0.15) is 5.69 Å². The van der Waals surface area contributed by atoms with E-state index in [1.54, 1.807) is 0 Å². The average molecular weight is 279 g/mol. The molecule has 0 radical (unpaired) electrons. The van der Waals surface area contributed by atoms with Gasteiger partial charge in [-0.15, -0.1) is 5.11 Å². The second kappa shape index (κ2) is 4.63. The van der Waals surface area contributed by atoms with E-state index < -0.39 is 0 Å². The van der Waals surface area contributed by atoms with Crippen molar-refractivity contribution in [1.82, 2.24) is 4.98 Å². The Labute approximate surface area is 121 Å². The van der Waals surface area contributed by atoms with Gasteiger partial charge in [-0.3, -0.25) is 0 Å². The lowest BCUT2D eigenvalue weighted by Gasteiger charge is -1.97. The molecule has 2 aromatic carbocycles. The molecular weight excluding hydrogens is 266 g/mol. The SMILES string of the molecule is Cc1[nH]c2ccccc2c1N=Nc1ccc2c(c1)OCO2. The minimum atomic E-state index is 0.261. The number of nitrogens with zero attached hydrogens (tertiary/aromatic N) is 2. The molecule has 0 unspecified atom stereocenters. The zero-order valence-electron chi connectivity index (χ0n) is 11.5. The third-order valence-electron chi connectivity index (χ3n) is 3.48. The number of ether oxygens (including phenoxy) is 2. The largest absolute Gasteiger partial charge is 0.454 e. The highest BCUT2D eigenvalue weighted by molar-refractivity contribution is 5.92. The molecule has 0 amide bonds. The molecule has 4 rings (SSSR count). The molecule has 0 saturated carbocycles. The average Bonchev–Trinajstić information content (AvgIpc) is 3.08. The lowest BCUT2D eigenvalue weighted by atomic mass is 10.2. The van der Waals surface area contributed by atoms with E-state index in [2.05, 4.69) is 15.2 Å². The molecule has 104 valence electrons. The maximum absolute atomic E-state index is 5.34. The number of nitrogens with one attached hydrogen (secondary N) is 1. The highest BCUT2D eigenvalue weighted by atomic mass is 16.7. The number of azo groups is 1. The molecule has 1 N–H and O–H groups in total. The van der Waals surface area contributed by atoms with Crippen molar-refractivity contribution in [2.75, 3.05) is 6.79 Å². The van der Waals surface area contributed by atoms with Gasteiger partial charge in [-0.2, -0.15) is 5.11 Å². The molecule has 5 heteroatoms. The number of para-hydroxylation sites is 1. The first-order valence-corrected chi connectivity index (χ1v) is 6.70. The van der Waals surface area contributed by atoms with E-state index in [4.69, 9.17) is 9.47 Å². The first-order valence-electron chi connectivity index (χ1n) is 6.70. The lowest BCUT2D eigenvalue weighted by molar-refractivity contribution is 0.174. The molecule has 0 bridgehead atoms. The van der Waals surface area contributed by atoms with Gasteiger partial charge in [-0.1, -0.05) is 18.2 Å². The Bertz CT molecular complexity index is 852. The quantitative estimate of drug-likeness (QED) is 0.696. The Morgan fingerprint density at radius 3 is 2.81 bits per heavy atom. The fourth-order valence-corrected chi connectivity index (χ4v) is 2.45. The second-order valence-corrected chi connectivity index (χ2v) is 4.88. The van der Waals surface area contributed by atoms with Crippen LogP contribution in [0, 0.1) is 6.92 Å². The summed E-state index contributed by atoms with van der Waals surface area (Å²) in [5.41, 5.74) is 3.67. The van der Waals surface area contributed by atoms with Crippen molar-refractivity contribution in [3.8, 4) is 11.5 Å². The van der Waals surface area contributed by atoms with Crippen LogP contribution < -0.4 is 9.47 Å². The van der Waals surface area contributed by atoms with Crippen LogP contribution in [0.1, 0.15) is 5.69 Å². The minimum absolute atomic E-state index is 0.261. The van der Waals surface area contributed by atoms with Crippen LogP contribution in [0.3, 0.4) is 0 Å². The van der Waals surface area contributed by atoms with E-state index in [1.807, 2.05) is 49.4 Å². The van der Waals surface area contributed by atoms with Crippen molar-refractivity contribution in [2.45, 2.75) is 6.92 Å². The Morgan fingerprint density at radius 1 is 1.00 bits per heavy atom. The summed E-state index contributed by atoms with van der Waals surface area (Å²) in [6, 6.07) is 13.6. The summed E-state index contributed by atoms with van der Waals surface area (Å²) in [5, 5.41) is 9.76. The van der Waals surface area contributed by atoms with Crippen molar-refractivity contribution < 1.29 is 9.47 Å². The Kier molecular flexibility index (Phi) is 2.64. The van der Waals surface area contributed by atoms with Gasteiger partial charge < -0.3 is 14.5 Å². The maximum Gasteiger partial charge on any atom is 0.231 e. The first kappa shape index (κ1) is 12.0. The van der Waals surface area contributed by atoms with E-state index >= 15 is 0 Å². The summed E-state index contributed by atoms with van der Waals surface area (Å²) in [5.74, 6) is 1.46. The summed E-state index contributed by atoms with van der Waals surface area (Å²) in [6.45, 7) is 2.26. The summed E-state index contributed by atoms with van der Waals surface area (Å²) in [7, 11) is 0. The van der Waals surface area contributed by atoms with Crippen molar-refractivity contribution in [2.24, 2.45) is 10.2 Å². The maximum atomic E-state index is 5.34. The normalized spacial score (nSPS) is 13.4. The van der Waals surface area contributed by atoms with Crippen molar-refractivity contribution >= 4 is 22.3 Å². The van der Waals surface area contributed by atoms with Gasteiger partial charge in [-0.05, 0) is 25.1 Å². The van der Waals surface area contributed by atoms with Gasteiger partial charge in [0.15, 0.2) is 11.5 Å². The van der Waals surface area contributed by atoms with Crippen molar-refractivity contribution in [3.05, 3.63) is 48.2 Å². The highest BCUT2D eigenvalue weighted by Crippen LogP contribution is 2.36. The van der Waals surface area contributed by atoms with Gasteiger partial charge >= 0.3 is 0 Å². The number of benzene rings is 2. The number of aryl methyl sites for hydroxylation is 1. The van der Waals surface area contributed by atoms with Gasteiger partial charge in [-0.25, -0.2) is 0 Å². The zero-order valence-corrected chi connectivity index (χ0v) is 11.5. The molecule has 5 nitrogen and oxygen atoms in total. The van der Waals surface area contributed by atoms with E-state index in [-0.39, 0.29) is 6.79 Å². The third kappa shape index (κ3) is 2.03. The standard InChI is InChI=1S/C16H13N3O2/c1-10-16(12-4-2-3-5-13(12)17-10)19-18-11-6-7-14-15(8-11)21-9-20-14/h2-8,17H,9H2,1H3. The predicted octanol–water partition coefficient (Wildman–Crippen LogP) is 4.62. The molecule has 0 aliphatic carbocycles.